The highest BCUT2D eigenvalue weighted by molar-refractivity contribution is 5.72. The van der Waals surface area contributed by atoms with Crippen molar-refractivity contribution in [2.45, 2.75) is 0 Å². The van der Waals surface area contributed by atoms with Crippen LogP contribution in [0.25, 0.3) is 11.1 Å². The van der Waals surface area contributed by atoms with Gasteiger partial charge < -0.3 is 19.6 Å². The molecule has 1 saturated heterocycles. The minimum absolute atomic E-state index is 0.236. The van der Waals surface area contributed by atoms with Crippen LogP contribution in [-0.2, 0) is 0 Å². The third-order valence-corrected chi connectivity index (χ3v) is 4.98. The van der Waals surface area contributed by atoms with E-state index in [0.717, 1.165) is 48.7 Å². The van der Waals surface area contributed by atoms with Crippen molar-refractivity contribution in [2.75, 3.05) is 38.1 Å². The van der Waals surface area contributed by atoms with Crippen LogP contribution in [0.3, 0.4) is 0 Å². The Bertz CT molecular complexity index is 886. The molecule has 0 radical (unpaired) electrons. The Balaban J connectivity index is 1.70. The number of piperazine rings is 1. The molecule has 0 spiro atoms. The van der Waals surface area contributed by atoms with E-state index in [0.29, 0.717) is 5.75 Å². The zero-order valence-corrected chi connectivity index (χ0v) is 15.5. The summed E-state index contributed by atoms with van der Waals surface area (Å²) in [6, 6.07) is 23.6. The molecule has 27 heavy (non-hydrogen) atoms. The third-order valence-electron chi connectivity index (χ3n) is 4.98. The summed E-state index contributed by atoms with van der Waals surface area (Å²) in [4.78, 5) is 4.72. The van der Waals surface area contributed by atoms with Crippen molar-refractivity contribution >= 4 is 5.69 Å². The van der Waals surface area contributed by atoms with Crippen LogP contribution >= 0.6 is 0 Å². The van der Waals surface area contributed by atoms with Crippen molar-refractivity contribution in [3.05, 3.63) is 72.8 Å². The third kappa shape index (κ3) is 4.07. The van der Waals surface area contributed by atoms with E-state index in [1.54, 1.807) is 24.3 Å². The van der Waals surface area contributed by atoms with Crippen LogP contribution in [0.5, 0.6) is 17.2 Å². The molecule has 0 aromatic heterocycles. The molecule has 1 heterocycles. The largest absolute Gasteiger partial charge is 0.508 e. The van der Waals surface area contributed by atoms with Crippen molar-refractivity contribution in [3.63, 3.8) is 0 Å². The molecule has 0 aliphatic carbocycles. The number of phenols is 1. The van der Waals surface area contributed by atoms with E-state index in [1.165, 1.54) is 0 Å². The number of hydrogen-bond acceptors (Lipinski definition) is 4. The van der Waals surface area contributed by atoms with Gasteiger partial charge in [-0.2, -0.15) is 0 Å². The van der Waals surface area contributed by atoms with E-state index in [9.17, 15) is 5.11 Å². The zero-order valence-electron chi connectivity index (χ0n) is 15.5. The van der Waals surface area contributed by atoms with E-state index in [-0.39, 0.29) is 5.75 Å². The topological polar surface area (TPSA) is 35.9 Å². The maximum Gasteiger partial charge on any atom is 0.151 e. The number of anilines is 1. The first kappa shape index (κ1) is 17.4. The number of aromatic hydroxyl groups is 1. The van der Waals surface area contributed by atoms with Gasteiger partial charge in [0.1, 0.15) is 11.5 Å². The lowest BCUT2D eigenvalue weighted by molar-refractivity contribution is 0.312. The fraction of sp³-hybridized carbons (Fsp3) is 0.217. The van der Waals surface area contributed by atoms with Gasteiger partial charge in [0.25, 0.3) is 0 Å². The van der Waals surface area contributed by atoms with Crippen LogP contribution in [0, 0.1) is 0 Å². The van der Waals surface area contributed by atoms with Gasteiger partial charge in [-0.05, 0) is 54.6 Å². The number of rotatable bonds is 4. The maximum absolute atomic E-state index is 9.53. The van der Waals surface area contributed by atoms with Crippen LogP contribution in [0.15, 0.2) is 72.8 Å². The molecular formula is C23H24N2O2. The van der Waals surface area contributed by atoms with Gasteiger partial charge in [-0.1, -0.05) is 36.4 Å². The van der Waals surface area contributed by atoms with E-state index < -0.39 is 0 Å². The fourth-order valence-electron chi connectivity index (χ4n) is 3.36. The average molecular weight is 360 g/mol. The lowest BCUT2D eigenvalue weighted by Gasteiger charge is -2.35. The Hall–Kier alpha value is -2.98. The Morgan fingerprint density at radius 2 is 1.48 bits per heavy atom. The van der Waals surface area contributed by atoms with Gasteiger partial charge in [0.05, 0.1) is 5.69 Å². The van der Waals surface area contributed by atoms with Gasteiger partial charge in [-0.25, -0.2) is 0 Å². The first-order valence-electron chi connectivity index (χ1n) is 9.29. The van der Waals surface area contributed by atoms with E-state index in [4.69, 9.17) is 4.74 Å². The molecule has 4 rings (SSSR count). The van der Waals surface area contributed by atoms with Crippen molar-refractivity contribution in [1.29, 1.82) is 0 Å². The highest BCUT2D eigenvalue weighted by Gasteiger charge is 2.19. The van der Waals surface area contributed by atoms with Crippen LogP contribution in [0.4, 0.5) is 5.69 Å². The van der Waals surface area contributed by atoms with Gasteiger partial charge in [-0.15, -0.1) is 0 Å². The molecular weight excluding hydrogens is 336 g/mol. The molecule has 1 aliphatic heterocycles. The predicted octanol–water partition coefficient (Wildman–Crippen LogP) is 4.60. The van der Waals surface area contributed by atoms with Gasteiger partial charge >= 0.3 is 0 Å². The molecule has 0 saturated carbocycles. The van der Waals surface area contributed by atoms with E-state index in [1.807, 2.05) is 18.2 Å². The van der Waals surface area contributed by atoms with Gasteiger partial charge in [0.15, 0.2) is 5.75 Å². The number of benzene rings is 3. The predicted molar refractivity (Wildman–Crippen MR) is 110 cm³/mol. The highest BCUT2D eigenvalue weighted by Crippen LogP contribution is 2.37. The zero-order chi connectivity index (χ0) is 18.6. The summed E-state index contributed by atoms with van der Waals surface area (Å²) in [5.74, 6) is 1.79. The molecule has 1 aliphatic rings. The normalized spacial score (nSPS) is 14.9. The van der Waals surface area contributed by atoms with Crippen molar-refractivity contribution < 1.29 is 9.84 Å². The fourth-order valence-corrected chi connectivity index (χ4v) is 3.36. The lowest BCUT2D eigenvalue weighted by atomic mass is 10.0. The minimum Gasteiger partial charge on any atom is -0.508 e. The lowest BCUT2D eigenvalue weighted by Crippen LogP contribution is -2.44. The molecule has 138 valence electrons. The molecule has 0 atom stereocenters. The van der Waals surface area contributed by atoms with Crippen molar-refractivity contribution in [1.82, 2.24) is 4.90 Å². The highest BCUT2D eigenvalue weighted by atomic mass is 16.5. The first-order chi connectivity index (χ1) is 13.2. The second-order valence-corrected chi connectivity index (χ2v) is 6.93. The molecule has 1 fully saturated rings. The van der Waals surface area contributed by atoms with E-state index in [2.05, 4.69) is 47.2 Å². The van der Waals surface area contributed by atoms with Crippen LogP contribution in [0.2, 0.25) is 0 Å². The summed E-state index contributed by atoms with van der Waals surface area (Å²) in [5, 5.41) is 9.53. The van der Waals surface area contributed by atoms with Gasteiger partial charge in [0, 0.05) is 26.2 Å². The second kappa shape index (κ2) is 7.72. The summed E-state index contributed by atoms with van der Waals surface area (Å²) in [6.07, 6.45) is 0. The monoisotopic (exact) mass is 360 g/mol. The summed E-state index contributed by atoms with van der Waals surface area (Å²) >= 11 is 0. The summed E-state index contributed by atoms with van der Waals surface area (Å²) < 4.78 is 6.24. The van der Waals surface area contributed by atoms with Crippen molar-refractivity contribution in [2.24, 2.45) is 0 Å². The Morgan fingerprint density at radius 1 is 0.778 bits per heavy atom. The van der Waals surface area contributed by atoms with Crippen LogP contribution in [0.1, 0.15) is 0 Å². The quantitative estimate of drug-likeness (QED) is 0.737. The number of likely N-dealkylation sites (N-methyl/N-ethyl adjacent to an activating group) is 1. The Labute approximate surface area is 160 Å². The number of nitrogens with zero attached hydrogens (tertiary/aromatic N) is 2. The average Bonchev–Trinajstić information content (AvgIpc) is 2.71. The molecule has 0 unspecified atom stereocenters. The molecule has 0 amide bonds. The SMILES string of the molecule is CN1CCN(c2ccc(-c3ccccc3)cc2Oc2ccc(O)cc2)CC1. The summed E-state index contributed by atoms with van der Waals surface area (Å²) in [5.41, 5.74) is 3.40. The number of phenolic OH excluding ortho intramolecular Hbond substituents is 1. The molecule has 3 aromatic rings. The van der Waals surface area contributed by atoms with Crippen LogP contribution < -0.4 is 9.64 Å². The molecule has 4 heteroatoms. The molecule has 4 nitrogen and oxygen atoms in total. The Morgan fingerprint density at radius 3 is 2.19 bits per heavy atom. The molecule has 3 aromatic carbocycles. The smallest absolute Gasteiger partial charge is 0.151 e. The molecule has 1 N–H and O–H groups in total. The summed E-state index contributed by atoms with van der Waals surface area (Å²) in [7, 11) is 2.16. The minimum atomic E-state index is 0.236. The summed E-state index contributed by atoms with van der Waals surface area (Å²) in [6.45, 7) is 4.04. The maximum atomic E-state index is 9.53. The van der Waals surface area contributed by atoms with Crippen molar-refractivity contribution in [3.8, 4) is 28.4 Å². The molecule has 0 bridgehead atoms. The van der Waals surface area contributed by atoms with Crippen LogP contribution in [-0.4, -0.2) is 43.2 Å². The standard InChI is InChI=1S/C23H24N2O2/c1-24-13-15-25(16-14-24)22-12-7-19(18-5-3-2-4-6-18)17-23(22)27-21-10-8-20(26)9-11-21/h2-12,17,26H,13-16H2,1H3. The van der Waals surface area contributed by atoms with Gasteiger partial charge in [-0.3, -0.25) is 0 Å². The number of ether oxygens (including phenoxy) is 1. The Kier molecular flexibility index (Phi) is 4.99. The second-order valence-electron chi connectivity index (χ2n) is 6.93. The van der Waals surface area contributed by atoms with Gasteiger partial charge in [0.2, 0.25) is 0 Å². The first-order valence-corrected chi connectivity index (χ1v) is 9.29. The van der Waals surface area contributed by atoms with E-state index >= 15 is 0 Å². The number of hydrogen-bond donors (Lipinski definition) is 1.